The Kier molecular flexibility index (Phi) is 4.08. The van der Waals surface area contributed by atoms with Gasteiger partial charge in [0.05, 0.1) is 6.10 Å². The number of rotatable bonds is 4. The largest absolute Gasteiger partial charge is 0.473 e. The third-order valence-corrected chi connectivity index (χ3v) is 2.96. The minimum Gasteiger partial charge on any atom is -0.473 e. The fraction of sp³-hybridized carbons (Fsp3) is 0.333. The first-order valence-corrected chi connectivity index (χ1v) is 6.58. The van der Waals surface area contributed by atoms with Gasteiger partial charge in [-0.15, -0.1) is 0 Å². The predicted molar refractivity (Wildman–Crippen MR) is 81.4 cm³/mol. The normalized spacial score (nSPS) is 10.7. The van der Waals surface area contributed by atoms with Crippen LogP contribution in [0.4, 0.5) is 17.2 Å². The van der Waals surface area contributed by atoms with Gasteiger partial charge in [-0.2, -0.15) is 4.98 Å². The van der Waals surface area contributed by atoms with E-state index in [0.717, 1.165) is 5.69 Å². The van der Waals surface area contributed by atoms with E-state index < -0.39 is 0 Å². The van der Waals surface area contributed by atoms with Gasteiger partial charge in [-0.3, -0.25) is 0 Å². The van der Waals surface area contributed by atoms with Gasteiger partial charge in [0.1, 0.15) is 12.0 Å². The highest BCUT2D eigenvalue weighted by atomic mass is 16.5. The van der Waals surface area contributed by atoms with E-state index >= 15 is 0 Å². The molecule has 0 radical (unpaired) electrons. The Bertz CT molecular complexity index is 611. The van der Waals surface area contributed by atoms with Crippen molar-refractivity contribution < 1.29 is 4.74 Å². The number of benzene rings is 1. The Morgan fingerprint density at radius 3 is 2.55 bits per heavy atom. The minimum absolute atomic E-state index is 0.0154. The molecule has 0 fully saturated rings. The van der Waals surface area contributed by atoms with Crippen molar-refractivity contribution in [3.05, 3.63) is 35.7 Å². The molecule has 0 saturated heterocycles. The summed E-state index contributed by atoms with van der Waals surface area (Å²) in [5.74, 6) is 0.959. The van der Waals surface area contributed by atoms with Gasteiger partial charge >= 0.3 is 0 Å². The van der Waals surface area contributed by atoms with E-state index in [1.807, 2.05) is 19.9 Å². The average Bonchev–Trinajstić information content (AvgIpc) is 2.38. The first-order valence-electron chi connectivity index (χ1n) is 6.58. The van der Waals surface area contributed by atoms with E-state index in [-0.39, 0.29) is 6.10 Å². The summed E-state index contributed by atoms with van der Waals surface area (Å²) in [6.07, 6.45) is 1.46. The second-order valence-electron chi connectivity index (χ2n) is 5.03. The Morgan fingerprint density at radius 2 is 1.90 bits per heavy atom. The zero-order valence-electron chi connectivity index (χ0n) is 12.3. The SMILES string of the molecule is Cc1ccc(Nc2ncnc(OC(C)C)c2N)cc1C. The molecule has 0 aliphatic heterocycles. The first-order chi connectivity index (χ1) is 9.47. The summed E-state index contributed by atoms with van der Waals surface area (Å²) in [5.41, 5.74) is 9.84. The first kappa shape index (κ1) is 14.1. The number of nitrogens with one attached hydrogen (secondary N) is 1. The van der Waals surface area contributed by atoms with E-state index in [4.69, 9.17) is 10.5 Å². The van der Waals surface area contributed by atoms with Gasteiger partial charge in [0.15, 0.2) is 5.82 Å². The van der Waals surface area contributed by atoms with Crippen LogP contribution in [-0.4, -0.2) is 16.1 Å². The van der Waals surface area contributed by atoms with Crippen LogP contribution in [0, 0.1) is 13.8 Å². The monoisotopic (exact) mass is 272 g/mol. The molecule has 1 heterocycles. The molecule has 106 valence electrons. The number of ether oxygens (including phenoxy) is 1. The Balaban J connectivity index is 2.27. The van der Waals surface area contributed by atoms with Crippen molar-refractivity contribution in [3.63, 3.8) is 0 Å². The molecule has 0 amide bonds. The molecule has 1 aromatic carbocycles. The van der Waals surface area contributed by atoms with Crippen LogP contribution in [-0.2, 0) is 0 Å². The van der Waals surface area contributed by atoms with E-state index in [0.29, 0.717) is 17.4 Å². The third kappa shape index (κ3) is 3.17. The molecule has 0 aliphatic carbocycles. The van der Waals surface area contributed by atoms with Crippen LogP contribution in [0.3, 0.4) is 0 Å². The number of aromatic nitrogens is 2. The van der Waals surface area contributed by atoms with Crippen molar-refractivity contribution in [2.45, 2.75) is 33.8 Å². The van der Waals surface area contributed by atoms with E-state index in [1.54, 1.807) is 0 Å². The number of hydrogen-bond donors (Lipinski definition) is 2. The quantitative estimate of drug-likeness (QED) is 0.894. The van der Waals surface area contributed by atoms with Crippen molar-refractivity contribution >= 4 is 17.2 Å². The molecule has 0 unspecified atom stereocenters. The van der Waals surface area contributed by atoms with Crippen LogP contribution < -0.4 is 15.8 Å². The fourth-order valence-corrected chi connectivity index (χ4v) is 1.75. The van der Waals surface area contributed by atoms with Gasteiger partial charge in [-0.1, -0.05) is 6.07 Å². The molecule has 2 rings (SSSR count). The average molecular weight is 272 g/mol. The molecule has 2 aromatic rings. The fourth-order valence-electron chi connectivity index (χ4n) is 1.75. The molecule has 5 heteroatoms. The summed E-state index contributed by atoms with van der Waals surface area (Å²) < 4.78 is 5.55. The summed E-state index contributed by atoms with van der Waals surface area (Å²) in [7, 11) is 0. The summed E-state index contributed by atoms with van der Waals surface area (Å²) in [4.78, 5) is 8.22. The van der Waals surface area contributed by atoms with Crippen LogP contribution in [0.15, 0.2) is 24.5 Å². The summed E-state index contributed by atoms with van der Waals surface area (Å²) >= 11 is 0. The number of anilines is 3. The van der Waals surface area contributed by atoms with Crippen LogP contribution >= 0.6 is 0 Å². The highest BCUT2D eigenvalue weighted by Gasteiger charge is 2.11. The van der Waals surface area contributed by atoms with Crippen LogP contribution in [0.5, 0.6) is 5.88 Å². The molecular formula is C15H20N4O. The predicted octanol–water partition coefficient (Wildman–Crippen LogP) is 3.21. The van der Waals surface area contributed by atoms with Crippen molar-refractivity contribution in [2.75, 3.05) is 11.1 Å². The molecule has 5 nitrogen and oxygen atoms in total. The van der Waals surface area contributed by atoms with E-state index in [1.165, 1.54) is 17.5 Å². The van der Waals surface area contributed by atoms with Crippen LogP contribution in [0.1, 0.15) is 25.0 Å². The van der Waals surface area contributed by atoms with Gasteiger partial charge in [-0.25, -0.2) is 4.98 Å². The minimum atomic E-state index is 0.0154. The lowest BCUT2D eigenvalue weighted by Gasteiger charge is -2.14. The maximum atomic E-state index is 6.03. The van der Waals surface area contributed by atoms with Crippen LogP contribution in [0.25, 0.3) is 0 Å². The summed E-state index contributed by atoms with van der Waals surface area (Å²) in [6.45, 7) is 8.00. The Hall–Kier alpha value is -2.30. The number of nitrogens with two attached hydrogens (primary N) is 1. The Morgan fingerprint density at radius 1 is 1.15 bits per heavy atom. The highest BCUT2D eigenvalue weighted by Crippen LogP contribution is 2.28. The van der Waals surface area contributed by atoms with E-state index in [2.05, 4.69) is 41.3 Å². The Labute approximate surface area is 119 Å². The molecule has 20 heavy (non-hydrogen) atoms. The number of aryl methyl sites for hydroxylation is 2. The van der Waals surface area contributed by atoms with Gasteiger partial charge in [-0.05, 0) is 51.0 Å². The zero-order chi connectivity index (χ0) is 14.7. The molecule has 0 bridgehead atoms. The lowest BCUT2D eigenvalue weighted by molar-refractivity contribution is 0.234. The number of nitrogen functional groups attached to an aromatic ring is 1. The molecular weight excluding hydrogens is 252 g/mol. The number of nitrogens with zero attached hydrogens (tertiary/aromatic N) is 2. The standard InChI is InChI=1S/C15H20N4O/c1-9(2)20-15-13(16)14(17-8-18-15)19-12-6-5-10(3)11(4)7-12/h5-9H,16H2,1-4H3,(H,17,18,19). The van der Waals surface area contributed by atoms with Gasteiger partial charge < -0.3 is 15.8 Å². The van der Waals surface area contributed by atoms with Gasteiger partial charge in [0.2, 0.25) is 5.88 Å². The number of hydrogen-bond acceptors (Lipinski definition) is 5. The third-order valence-electron chi connectivity index (χ3n) is 2.96. The van der Waals surface area contributed by atoms with Crippen LogP contribution in [0.2, 0.25) is 0 Å². The van der Waals surface area contributed by atoms with Gasteiger partial charge in [0.25, 0.3) is 0 Å². The van der Waals surface area contributed by atoms with E-state index in [9.17, 15) is 0 Å². The van der Waals surface area contributed by atoms with Gasteiger partial charge in [0, 0.05) is 5.69 Å². The van der Waals surface area contributed by atoms with Crippen molar-refractivity contribution in [3.8, 4) is 5.88 Å². The molecule has 0 spiro atoms. The second-order valence-corrected chi connectivity index (χ2v) is 5.03. The molecule has 1 aromatic heterocycles. The molecule has 0 atom stereocenters. The highest BCUT2D eigenvalue weighted by molar-refractivity contribution is 5.72. The maximum Gasteiger partial charge on any atom is 0.242 e. The summed E-state index contributed by atoms with van der Waals surface area (Å²) in [5, 5.41) is 3.20. The topological polar surface area (TPSA) is 73.1 Å². The lowest BCUT2D eigenvalue weighted by atomic mass is 10.1. The molecule has 0 aliphatic rings. The van der Waals surface area contributed by atoms with Crippen molar-refractivity contribution in [1.29, 1.82) is 0 Å². The van der Waals surface area contributed by atoms with Crippen molar-refractivity contribution in [2.24, 2.45) is 0 Å². The smallest absolute Gasteiger partial charge is 0.242 e. The maximum absolute atomic E-state index is 6.03. The molecule has 0 saturated carbocycles. The van der Waals surface area contributed by atoms with Crippen molar-refractivity contribution in [1.82, 2.24) is 9.97 Å². The molecule has 3 N–H and O–H groups in total. The second kappa shape index (κ2) is 5.77. The summed E-state index contributed by atoms with van der Waals surface area (Å²) in [6, 6.07) is 6.10. The lowest BCUT2D eigenvalue weighted by Crippen LogP contribution is -2.10. The zero-order valence-corrected chi connectivity index (χ0v) is 12.3.